The second-order valence-electron chi connectivity index (χ2n) is 5.95. The fraction of sp³-hybridized carbons (Fsp3) is 0.350. The number of fused-ring (bicyclic) bond motifs is 1. The third kappa shape index (κ3) is 3.55. The molecular formula is C20H22O5. The lowest BCUT2D eigenvalue weighted by Gasteiger charge is -2.24. The second-order valence-corrected chi connectivity index (χ2v) is 5.95. The number of hydrogen-bond acceptors (Lipinski definition) is 5. The van der Waals surface area contributed by atoms with E-state index in [1.165, 1.54) is 32.5 Å². The summed E-state index contributed by atoms with van der Waals surface area (Å²) in [5, 5.41) is 0. The Bertz CT molecular complexity index is 743. The Labute approximate surface area is 147 Å². The minimum absolute atomic E-state index is 0.124. The summed E-state index contributed by atoms with van der Waals surface area (Å²) < 4.78 is 21.6. The summed E-state index contributed by atoms with van der Waals surface area (Å²) >= 11 is 0. The standard InChI is InChI=1S/C20H22O5/c1-22-17-11-15(12-18(23-2)19(17)24-3)20(21)25-16-9-8-13-6-4-5-7-14(13)10-16/h4-7,11-12,16H,8-10H2,1-3H3. The predicted molar refractivity (Wildman–Crippen MR) is 93.8 cm³/mol. The number of esters is 1. The van der Waals surface area contributed by atoms with Crippen molar-refractivity contribution in [3.8, 4) is 17.2 Å². The molecule has 1 aliphatic carbocycles. The third-order valence-corrected chi connectivity index (χ3v) is 4.48. The largest absolute Gasteiger partial charge is 0.493 e. The summed E-state index contributed by atoms with van der Waals surface area (Å²) in [6.07, 6.45) is 2.37. The molecule has 2 aromatic rings. The zero-order chi connectivity index (χ0) is 17.8. The number of carbonyl (C=O) groups excluding carboxylic acids is 1. The van der Waals surface area contributed by atoms with E-state index in [1.54, 1.807) is 12.1 Å². The summed E-state index contributed by atoms with van der Waals surface area (Å²) in [5.74, 6) is 0.933. The minimum Gasteiger partial charge on any atom is -0.493 e. The van der Waals surface area contributed by atoms with Gasteiger partial charge in [-0.2, -0.15) is 0 Å². The number of rotatable bonds is 5. The van der Waals surface area contributed by atoms with Crippen LogP contribution in [-0.2, 0) is 17.6 Å². The molecule has 2 aromatic carbocycles. The van der Waals surface area contributed by atoms with Gasteiger partial charge in [-0.25, -0.2) is 4.79 Å². The third-order valence-electron chi connectivity index (χ3n) is 4.48. The number of hydrogen-bond donors (Lipinski definition) is 0. The quantitative estimate of drug-likeness (QED) is 0.779. The van der Waals surface area contributed by atoms with Crippen molar-refractivity contribution in [2.45, 2.75) is 25.4 Å². The molecule has 1 atom stereocenters. The van der Waals surface area contributed by atoms with E-state index in [0.717, 1.165) is 19.3 Å². The SMILES string of the molecule is COc1cc(C(=O)OC2CCc3ccccc3C2)cc(OC)c1OC. The molecule has 1 aliphatic rings. The first-order valence-corrected chi connectivity index (χ1v) is 8.24. The zero-order valence-electron chi connectivity index (χ0n) is 14.7. The Morgan fingerprint density at radius 1 is 0.960 bits per heavy atom. The predicted octanol–water partition coefficient (Wildman–Crippen LogP) is 3.43. The van der Waals surface area contributed by atoms with Gasteiger partial charge in [0.15, 0.2) is 11.5 Å². The highest BCUT2D eigenvalue weighted by Crippen LogP contribution is 2.38. The van der Waals surface area contributed by atoms with E-state index in [4.69, 9.17) is 18.9 Å². The van der Waals surface area contributed by atoms with Crippen LogP contribution in [0, 0.1) is 0 Å². The van der Waals surface area contributed by atoms with E-state index in [2.05, 4.69) is 12.1 Å². The van der Waals surface area contributed by atoms with E-state index in [0.29, 0.717) is 22.8 Å². The molecule has 0 bridgehead atoms. The van der Waals surface area contributed by atoms with Crippen LogP contribution < -0.4 is 14.2 Å². The first-order chi connectivity index (χ1) is 12.2. The molecule has 0 heterocycles. The average Bonchev–Trinajstić information content (AvgIpc) is 2.66. The topological polar surface area (TPSA) is 54.0 Å². The van der Waals surface area contributed by atoms with Crippen LogP contribution in [0.3, 0.4) is 0 Å². The molecule has 0 saturated heterocycles. The first kappa shape index (κ1) is 17.1. The normalized spacial score (nSPS) is 15.9. The molecule has 132 valence electrons. The van der Waals surface area contributed by atoms with E-state index in [-0.39, 0.29) is 12.1 Å². The van der Waals surface area contributed by atoms with Crippen molar-refractivity contribution in [3.05, 3.63) is 53.1 Å². The molecule has 0 spiro atoms. The van der Waals surface area contributed by atoms with Crippen molar-refractivity contribution >= 4 is 5.97 Å². The van der Waals surface area contributed by atoms with Crippen molar-refractivity contribution in [2.24, 2.45) is 0 Å². The van der Waals surface area contributed by atoms with Crippen LogP contribution in [0.1, 0.15) is 27.9 Å². The van der Waals surface area contributed by atoms with Gasteiger partial charge in [0.1, 0.15) is 6.10 Å². The molecule has 25 heavy (non-hydrogen) atoms. The maximum absolute atomic E-state index is 12.6. The maximum Gasteiger partial charge on any atom is 0.338 e. The Balaban J connectivity index is 1.78. The van der Waals surface area contributed by atoms with Crippen molar-refractivity contribution < 1.29 is 23.7 Å². The highest BCUT2D eigenvalue weighted by molar-refractivity contribution is 5.91. The van der Waals surface area contributed by atoms with Crippen molar-refractivity contribution in [1.82, 2.24) is 0 Å². The van der Waals surface area contributed by atoms with Crippen LogP contribution in [0.4, 0.5) is 0 Å². The van der Waals surface area contributed by atoms with E-state index in [1.807, 2.05) is 12.1 Å². The molecule has 0 fully saturated rings. The van der Waals surface area contributed by atoms with E-state index < -0.39 is 0 Å². The van der Waals surface area contributed by atoms with Crippen molar-refractivity contribution in [3.63, 3.8) is 0 Å². The fourth-order valence-electron chi connectivity index (χ4n) is 3.18. The Hall–Kier alpha value is -2.69. The smallest absolute Gasteiger partial charge is 0.338 e. The molecule has 1 unspecified atom stereocenters. The van der Waals surface area contributed by atoms with Crippen LogP contribution in [-0.4, -0.2) is 33.4 Å². The summed E-state index contributed by atoms with van der Waals surface area (Å²) in [6.45, 7) is 0. The summed E-state index contributed by atoms with van der Waals surface area (Å²) in [5.41, 5.74) is 2.97. The van der Waals surface area contributed by atoms with Gasteiger partial charge in [-0.05, 0) is 36.1 Å². The molecule has 0 amide bonds. The molecule has 3 rings (SSSR count). The zero-order valence-corrected chi connectivity index (χ0v) is 14.7. The van der Waals surface area contributed by atoms with Crippen LogP contribution in [0.15, 0.2) is 36.4 Å². The van der Waals surface area contributed by atoms with Crippen LogP contribution >= 0.6 is 0 Å². The molecule has 0 aromatic heterocycles. The van der Waals surface area contributed by atoms with Gasteiger partial charge in [-0.3, -0.25) is 0 Å². The van der Waals surface area contributed by atoms with Gasteiger partial charge < -0.3 is 18.9 Å². The molecule has 0 radical (unpaired) electrons. The van der Waals surface area contributed by atoms with Gasteiger partial charge in [0.2, 0.25) is 5.75 Å². The summed E-state index contributed by atoms with van der Waals surface area (Å²) in [4.78, 5) is 12.6. The van der Waals surface area contributed by atoms with Gasteiger partial charge in [0, 0.05) is 6.42 Å². The second kappa shape index (κ2) is 7.47. The number of aryl methyl sites for hydroxylation is 1. The number of benzene rings is 2. The van der Waals surface area contributed by atoms with Gasteiger partial charge >= 0.3 is 5.97 Å². The van der Waals surface area contributed by atoms with E-state index in [9.17, 15) is 4.79 Å². The Morgan fingerprint density at radius 3 is 2.20 bits per heavy atom. The van der Waals surface area contributed by atoms with Crippen molar-refractivity contribution in [2.75, 3.05) is 21.3 Å². The monoisotopic (exact) mass is 342 g/mol. The Kier molecular flexibility index (Phi) is 5.12. The summed E-state index contributed by atoms with van der Waals surface area (Å²) in [6, 6.07) is 11.5. The molecule has 0 aliphatic heterocycles. The summed E-state index contributed by atoms with van der Waals surface area (Å²) in [7, 11) is 4.56. The fourth-order valence-corrected chi connectivity index (χ4v) is 3.18. The Morgan fingerprint density at radius 2 is 1.60 bits per heavy atom. The number of ether oxygens (including phenoxy) is 4. The van der Waals surface area contributed by atoms with Gasteiger partial charge in [0.25, 0.3) is 0 Å². The lowest BCUT2D eigenvalue weighted by molar-refractivity contribution is 0.0270. The molecular weight excluding hydrogens is 320 g/mol. The van der Waals surface area contributed by atoms with Crippen molar-refractivity contribution in [1.29, 1.82) is 0 Å². The van der Waals surface area contributed by atoms with E-state index >= 15 is 0 Å². The van der Waals surface area contributed by atoms with Crippen LogP contribution in [0.2, 0.25) is 0 Å². The maximum atomic E-state index is 12.6. The lowest BCUT2D eigenvalue weighted by Crippen LogP contribution is -2.25. The molecule has 5 nitrogen and oxygen atoms in total. The first-order valence-electron chi connectivity index (χ1n) is 8.24. The highest BCUT2D eigenvalue weighted by Gasteiger charge is 2.24. The van der Waals surface area contributed by atoms with Crippen LogP contribution in [0.5, 0.6) is 17.2 Å². The number of carbonyl (C=O) groups is 1. The van der Waals surface area contributed by atoms with Gasteiger partial charge in [0.05, 0.1) is 26.9 Å². The molecule has 5 heteroatoms. The minimum atomic E-state index is -0.386. The van der Waals surface area contributed by atoms with Gasteiger partial charge in [-0.15, -0.1) is 0 Å². The number of methoxy groups -OCH3 is 3. The average molecular weight is 342 g/mol. The lowest BCUT2D eigenvalue weighted by atomic mass is 9.90. The van der Waals surface area contributed by atoms with Gasteiger partial charge in [-0.1, -0.05) is 24.3 Å². The molecule has 0 N–H and O–H groups in total. The van der Waals surface area contributed by atoms with Crippen LogP contribution in [0.25, 0.3) is 0 Å². The molecule has 0 saturated carbocycles. The highest BCUT2D eigenvalue weighted by atomic mass is 16.5.